The Morgan fingerprint density at radius 2 is 1.76 bits per heavy atom. The number of halogens is 6. The summed E-state index contributed by atoms with van der Waals surface area (Å²) in [6.07, 6.45) is -4.62. The summed E-state index contributed by atoms with van der Waals surface area (Å²) in [5, 5.41) is 13.7. The van der Waals surface area contributed by atoms with E-state index >= 15 is 0 Å². The number of nitrogens with zero attached hydrogens (tertiary/aromatic N) is 3. The Labute approximate surface area is 245 Å². The van der Waals surface area contributed by atoms with E-state index in [0.29, 0.717) is 5.02 Å². The molecule has 0 unspecified atom stereocenters. The molecule has 41 heavy (non-hydrogen) atoms. The van der Waals surface area contributed by atoms with Gasteiger partial charge in [-0.15, -0.1) is 10.2 Å². The summed E-state index contributed by atoms with van der Waals surface area (Å²) in [4.78, 5) is 24.9. The number of nitrogens with one attached hydrogen (secondary N) is 2. The molecular weight excluding hydrogens is 609 g/mol. The number of hydrogen-bond donors (Lipinski definition) is 2. The number of thioether (sulfide) groups is 1. The molecule has 1 aromatic heterocycles. The molecule has 4 rings (SSSR count). The molecule has 0 saturated carbocycles. The van der Waals surface area contributed by atoms with Crippen LogP contribution in [0.5, 0.6) is 5.75 Å². The van der Waals surface area contributed by atoms with Crippen LogP contribution in [0, 0.1) is 5.82 Å². The van der Waals surface area contributed by atoms with Gasteiger partial charge < -0.3 is 15.4 Å². The van der Waals surface area contributed by atoms with Gasteiger partial charge >= 0.3 is 6.18 Å². The van der Waals surface area contributed by atoms with E-state index in [1.54, 1.807) is 6.07 Å². The van der Waals surface area contributed by atoms with E-state index in [4.69, 9.17) is 27.9 Å². The maximum Gasteiger partial charge on any atom is 0.416 e. The van der Waals surface area contributed by atoms with Crippen molar-refractivity contribution in [3.05, 3.63) is 94.0 Å². The fourth-order valence-electron chi connectivity index (χ4n) is 3.43. The second-order valence-corrected chi connectivity index (χ2v) is 10.0. The predicted octanol–water partition coefficient (Wildman–Crippen LogP) is 6.16. The first-order valence-electron chi connectivity index (χ1n) is 11.6. The van der Waals surface area contributed by atoms with Crippen molar-refractivity contribution in [1.29, 1.82) is 0 Å². The summed E-state index contributed by atoms with van der Waals surface area (Å²) in [5.74, 6) is -1.73. The lowest BCUT2D eigenvalue weighted by Gasteiger charge is -2.14. The molecular formula is C26H19Cl2F4N5O3S. The van der Waals surface area contributed by atoms with Crippen LogP contribution in [-0.4, -0.2) is 38.9 Å². The fourth-order valence-corrected chi connectivity index (χ4v) is 4.67. The van der Waals surface area contributed by atoms with Gasteiger partial charge in [-0.1, -0.05) is 53.2 Å². The first-order chi connectivity index (χ1) is 19.5. The second kappa shape index (κ2) is 13.2. The highest BCUT2D eigenvalue weighted by molar-refractivity contribution is 7.99. The van der Waals surface area contributed by atoms with E-state index in [0.717, 1.165) is 23.9 Å². The number of alkyl halides is 3. The number of hydrogen-bond acceptors (Lipinski definition) is 6. The molecule has 0 fully saturated rings. The lowest BCUT2D eigenvalue weighted by Crippen LogP contribution is -2.29. The largest absolute Gasteiger partial charge is 0.482 e. The van der Waals surface area contributed by atoms with E-state index in [1.807, 2.05) is 0 Å². The van der Waals surface area contributed by atoms with Gasteiger partial charge in [-0.05, 0) is 48.5 Å². The van der Waals surface area contributed by atoms with Crippen molar-refractivity contribution in [2.45, 2.75) is 17.9 Å². The Balaban J connectivity index is 1.50. The molecule has 1 heterocycles. The molecule has 0 saturated heterocycles. The van der Waals surface area contributed by atoms with Crippen molar-refractivity contribution in [1.82, 2.24) is 20.1 Å². The molecule has 0 radical (unpaired) electrons. The first kappa shape index (κ1) is 30.2. The number of amides is 2. The SMILES string of the molecule is O=C(COc1ccc(Cl)cc1Cl)NCc1nnc(SCC(=O)Nc2ccccc2F)n1-c1cccc(C(F)(F)F)c1. The maximum absolute atomic E-state index is 13.9. The lowest BCUT2D eigenvalue weighted by molar-refractivity contribution is -0.137. The number of carbonyl (C=O) groups excluding carboxylic acids is 2. The van der Waals surface area contributed by atoms with Gasteiger partial charge in [0.25, 0.3) is 5.91 Å². The van der Waals surface area contributed by atoms with E-state index in [2.05, 4.69) is 20.8 Å². The standard InChI is InChI=1S/C26H19Cl2F4N5O3S/c27-16-8-9-21(18(28)11-16)40-13-23(38)33-12-22-35-36-25(37(22)17-5-3-4-15(10-17)26(30,31)32)41-14-24(39)34-20-7-2-1-6-19(20)29/h1-11H,12-14H2,(H,33,38)(H,34,39). The molecule has 214 valence electrons. The molecule has 0 atom stereocenters. The molecule has 0 bridgehead atoms. The van der Waals surface area contributed by atoms with Crippen LogP contribution in [0.3, 0.4) is 0 Å². The van der Waals surface area contributed by atoms with Crippen LogP contribution in [0.2, 0.25) is 10.0 Å². The van der Waals surface area contributed by atoms with Gasteiger partial charge in [0.1, 0.15) is 11.6 Å². The van der Waals surface area contributed by atoms with Crippen LogP contribution >= 0.6 is 35.0 Å². The molecule has 3 aromatic carbocycles. The smallest absolute Gasteiger partial charge is 0.416 e. The number of benzene rings is 3. The minimum atomic E-state index is -4.62. The number of ether oxygens (including phenoxy) is 1. The van der Waals surface area contributed by atoms with Gasteiger partial charge in [0.15, 0.2) is 17.6 Å². The third-order valence-electron chi connectivity index (χ3n) is 5.31. The van der Waals surface area contributed by atoms with Crippen LogP contribution in [0.1, 0.15) is 11.4 Å². The normalized spacial score (nSPS) is 11.3. The summed E-state index contributed by atoms with van der Waals surface area (Å²) in [7, 11) is 0. The average Bonchev–Trinajstić information content (AvgIpc) is 3.34. The Bertz CT molecular complexity index is 1570. The summed E-state index contributed by atoms with van der Waals surface area (Å²) in [5.41, 5.74) is -0.890. The van der Waals surface area contributed by atoms with Crippen molar-refractivity contribution in [3.8, 4) is 11.4 Å². The van der Waals surface area contributed by atoms with Crippen LogP contribution in [0.15, 0.2) is 71.9 Å². The van der Waals surface area contributed by atoms with Crippen molar-refractivity contribution in [3.63, 3.8) is 0 Å². The van der Waals surface area contributed by atoms with Crippen molar-refractivity contribution in [2.75, 3.05) is 17.7 Å². The molecule has 4 aromatic rings. The van der Waals surface area contributed by atoms with Gasteiger partial charge in [0.05, 0.1) is 34.3 Å². The number of para-hydroxylation sites is 1. The quantitative estimate of drug-likeness (QED) is 0.161. The third-order valence-corrected chi connectivity index (χ3v) is 6.77. The zero-order valence-corrected chi connectivity index (χ0v) is 23.0. The van der Waals surface area contributed by atoms with Crippen molar-refractivity contribution < 1.29 is 31.9 Å². The Morgan fingerprint density at radius 3 is 2.49 bits per heavy atom. The molecule has 0 aliphatic rings. The highest BCUT2D eigenvalue weighted by Gasteiger charge is 2.31. The van der Waals surface area contributed by atoms with Gasteiger partial charge in [-0.3, -0.25) is 14.2 Å². The summed E-state index contributed by atoms with van der Waals surface area (Å²) < 4.78 is 60.8. The van der Waals surface area contributed by atoms with Crippen LogP contribution in [0.4, 0.5) is 23.2 Å². The molecule has 2 N–H and O–H groups in total. The van der Waals surface area contributed by atoms with Gasteiger partial charge in [-0.2, -0.15) is 13.2 Å². The van der Waals surface area contributed by atoms with Crippen molar-refractivity contribution >= 4 is 52.5 Å². The Kier molecular flexibility index (Phi) is 9.73. The molecule has 15 heteroatoms. The number of carbonyl (C=O) groups is 2. The zero-order chi connectivity index (χ0) is 29.6. The zero-order valence-electron chi connectivity index (χ0n) is 20.7. The van der Waals surface area contributed by atoms with Crippen LogP contribution in [-0.2, 0) is 22.3 Å². The maximum atomic E-state index is 13.9. The predicted molar refractivity (Wildman–Crippen MR) is 146 cm³/mol. The highest BCUT2D eigenvalue weighted by atomic mass is 35.5. The first-order valence-corrected chi connectivity index (χ1v) is 13.4. The summed E-state index contributed by atoms with van der Waals surface area (Å²) >= 11 is 12.7. The van der Waals surface area contributed by atoms with Crippen molar-refractivity contribution in [2.24, 2.45) is 0 Å². The fraction of sp³-hybridized carbons (Fsp3) is 0.154. The second-order valence-electron chi connectivity index (χ2n) is 8.24. The highest BCUT2D eigenvalue weighted by Crippen LogP contribution is 2.32. The van der Waals surface area contributed by atoms with E-state index < -0.39 is 36.0 Å². The molecule has 0 aliphatic carbocycles. The third kappa shape index (κ3) is 8.12. The number of anilines is 1. The molecule has 8 nitrogen and oxygen atoms in total. The van der Waals surface area contributed by atoms with E-state index in [9.17, 15) is 27.2 Å². The minimum absolute atomic E-state index is 0.0250. The summed E-state index contributed by atoms with van der Waals surface area (Å²) in [6, 6.07) is 14.5. The Morgan fingerprint density at radius 1 is 0.976 bits per heavy atom. The van der Waals surface area contributed by atoms with Gasteiger partial charge in [-0.25, -0.2) is 4.39 Å². The van der Waals surface area contributed by atoms with E-state index in [1.165, 1.54) is 53.1 Å². The monoisotopic (exact) mass is 627 g/mol. The summed E-state index contributed by atoms with van der Waals surface area (Å²) in [6.45, 7) is -0.654. The molecule has 2 amide bonds. The average molecular weight is 628 g/mol. The lowest BCUT2D eigenvalue weighted by atomic mass is 10.2. The number of rotatable bonds is 10. The topological polar surface area (TPSA) is 98.1 Å². The minimum Gasteiger partial charge on any atom is -0.482 e. The van der Waals surface area contributed by atoms with Gasteiger partial charge in [0.2, 0.25) is 5.91 Å². The van der Waals surface area contributed by atoms with Gasteiger partial charge in [0, 0.05) is 5.02 Å². The number of aromatic nitrogens is 3. The molecule has 0 aliphatic heterocycles. The van der Waals surface area contributed by atoms with Crippen LogP contribution in [0.25, 0.3) is 5.69 Å². The molecule has 0 spiro atoms. The van der Waals surface area contributed by atoms with E-state index in [-0.39, 0.29) is 45.4 Å². The van der Waals surface area contributed by atoms with Crippen LogP contribution < -0.4 is 15.4 Å². The Hall–Kier alpha value is -3.81.